The van der Waals surface area contributed by atoms with Crippen molar-refractivity contribution in [3.05, 3.63) is 28.8 Å². The fourth-order valence-electron chi connectivity index (χ4n) is 2.76. The lowest BCUT2D eigenvalue weighted by molar-refractivity contribution is -0.126. The Morgan fingerprint density at radius 2 is 2.10 bits per heavy atom. The highest BCUT2D eigenvalue weighted by Crippen LogP contribution is 2.39. The summed E-state index contributed by atoms with van der Waals surface area (Å²) in [6, 6.07) is 3.52. The van der Waals surface area contributed by atoms with Crippen molar-refractivity contribution >= 4 is 33.4 Å². The number of alkyl halides is 1. The number of benzene rings is 1. The Hall–Kier alpha value is -1.36. The number of nitrogens with zero attached hydrogens (tertiary/aromatic N) is 1. The maximum Gasteiger partial charge on any atom is 0.254 e. The van der Waals surface area contributed by atoms with E-state index in [0.29, 0.717) is 6.54 Å². The number of carbonyl (C=O) groups excluding carboxylic acids is 2. The van der Waals surface area contributed by atoms with Gasteiger partial charge in [0, 0.05) is 24.4 Å². The third-order valence-electron chi connectivity index (χ3n) is 3.43. The van der Waals surface area contributed by atoms with Crippen molar-refractivity contribution in [2.24, 2.45) is 0 Å². The molecule has 0 spiro atoms. The largest absolute Gasteiger partial charge is 0.341 e. The number of hydrogen-bond donors (Lipinski definition) is 1. The van der Waals surface area contributed by atoms with Crippen LogP contribution in [0.5, 0.6) is 0 Å². The van der Waals surface area contributed by atoms with Crippen LogP contribution in [0.1, 0.15) is 36.1 Å². The lowest BCUT2D eigenvalue weighted by Gasteiger charge is -2.19. The second-order valence-corrected chi connectivity index (χ2v) is 5.98. The maximum atomic E-state index is 12.6. The van der Waals surface area contributed by atoms with E-state index in [0.717, 1.165) is 34.1 Å². The zero-order valence-electron chi connectivity index (χ0n) is 12.0. The molecule has 0 unspecified atom stereocenters. The molecule has 0 fully saturated rings. The average molecular weight is 339 g/mol. The van der Waals surface area contributed by atoms with Crippen LogP contribution in [0.25, 0.3) is 0 Å². The molecule has 20 heavy (non-hydrogen) atoms. The molecule has 1 aliphatic heterocycles. The molecule has 0 bridgehead atoms. The van der Waals surface area contributed by atoms with E-state index in [1.54, 1.807) is 4.90 Å². The molecule has 0 aromatic heterocycles. The minimum atomic E-state index is -0.545. The highest BCUT2D eigenvalue weighted by atomic mass is 79.9. The molecule has 108 valence electrons. The average Bonchev–Trinajstić information content (AvgIpc) is 2.60. The molecule has 1 heterocycles. The van der Waals surface area contributed by atoms with Gasteiger partial charge in [0.2, 0.25) is 5.91 Å². The fraction of sp³-hybridized carbons (Fsp3) is 0.467. The lowest BCUT2D eigenvalue weighted by atomic mass is 10.0. The van der Waals surface area contributed by atoms with Gasteiger partial charge in [-0.1, -0.05) is 33.6 Å². The van der Waals surface area contributed by atoms with Gasteiger partial charge in [-0.05, 0) is 25.8 Å². The molecular weight excluding hydrogens is 320 g/mol. The summed E-state index contributed by atoms with van der Waals surface area (Å²) in [5.41, 5.74) is 4.06. The van der Waals surface area contributed by atoms with Crippen molar-refractivity contribution in [1.82, 2.24) is 5.32 Å². The molecule has 4 nitrogen and oxygen atoms in total. The van der Waals surface area contributed by atoms with Gasteiger partial charge in [-0.2, -0.15) is 0 Å². The molecule has 0 saturated carbocycles. The van der Waals surface area contributed by atoms with Crippen molar-refractivity contribution in [2.75, 3.05) is 16.8 Å². The summed E-state index contributed by atoms with van der Waals surface area (Å²) in [5.74, 6) is -0.222. The Morgan fingerprint density at radius 3 is 2.70 bits per heavy atom. The van der Waals surface area contributed by atoms with Crippen LogP contribution in [-0.4, -0.2) is 23.7 Å². The number of nitrogens with one attached hydrogen (secondary N) is 1. The molecule has 0 saturated heterocycles. The highest BCUT2D eigenvalue weighted by Gasteiger charge is 2.38. The van der Waals surface area contributed by atoms with Gasteiger partial charge in [0.1, 0.15) is 6.04 Å². The number of halogens is 1. The van der Waals surface area contributed by atoms with Gasteiger partial charge in [-0.25, -0.2) is 0 Å². The van der Waals surface area contributed by atoms with E-state index < -0.39 is 6.04 Å². The quantitative estimate of drug-likeness (QED) is 0.858. The highest BCUT2D eigenvalue weighted by molar-refractivity contribution is 9.09. The van der Waals surface area contributed by atoms with Gasteiger partial charge < -0.3 is 10.2 Å². The molecule has 5 heteroatoms. The summed E-state index contributed by atoms with van der Waals surface area (Å²) in [6.45, 7) is 6.12. The number of fused-ring (bicyclic) bond motifs is 1. The van der Waals surface area contributed by atoms with Crippen LogP contribution in [-0.2, 0) is 9.59 Å². The minimum absolute atomic E-state index is 0.0372. The summed E-state index contributed by atoms with van der Waals surface area (Å²) >= 11 is 3.39. The van der Waals surface area contributed by atoms with Crippen LogP contribution in [0.2, 0.25) is 0 Å². The van der Waals surface area contributed by atoms with E-state index in [2.05, 4.69) is 27.3 Å². The predicted molar refractivity (Wildman–Crippen MR) is 83.2 cm³/mol. The summed E-state index contributed by atoms with van der Waals surface area (Å²) in [5, 5.41) is 3.62. The third-order valence-corrected chi connectivity index (χ3v) is 3.99. The summed E-state index contributed by atoms with van der Waals surface area (Å²) < 4.78 is 0. The Bertz CT molecular complexity index is 557. The van der Waals surface area contributed by atoms with Crippen LogP contribution in [0.15, 0.2) is 12.1 Å². The predicted octanol–water partition coefficient (Wildman–Crippen LogP) is 2.61. The van der Waals surface area contributed by atoms with Crippen LogP contribution < -0.4 is 10.2 Å². The van der Waals surface area contributed by atoms with Crippen LogP contribution in [0, 0.1) is 13.8 Å². The zero-order chi connectivity index (χ0) is 14.9. The van der Waals surface area contributed by atoms with Gasteiger partial charge >= 0.3 is 0 Å². The Balaban J connectivity index is 2.46. The molecule has 1 aromatic rings. The SMILES string of the molecule is CC(=O)N[C@@H]1C(=O)N(CCCBr)c2c(C)cc(C)cc21. The van der Waals surface area contributed by atoms with E-state index >= 15 is 0 Å². The number of rotatable bonds is 4. The molecule has 0 aliphatic carbocycles. The van der Waals surface area contributed by atoms with E-state index in [9.17, 15) is 9.59 Å². The number of hydrogen-bond acceptors (Lipinski definition) is 2. The van der Waals surface area contributed by atoms with Gasteiger partial charge in [-0.15, -0.1) is 0 Å². The fourth-order valence-corrected chi connectivity index (χ4v) is 3.01. The smallest absolute Gasteiger partial charge is 0.254 e. The monoisotopic (exact) mass is 338 g/mol. The molecule has 1 aliphatic rings. The maximum absolute atomic E-state index is 12.6. The van der Waals surface area contributed by atoms with Crippen molar-refractivity contribution < 1.29 is 9.59 Å². The first-order chi connectivity index (χ1) is 9.45. The topological polar surface area (TPSA) is 49.4 Å². The molecule has 1 N–H and O–H groups in total. The standard InChI is InChI=1S/C15H19BrN2O2/c1-9-7-10(2)14-12(8-9)13(17-11(3)19)15(20)18(14)6-4-5-16/h7-8,13H,4-6H2,1-3H3,(H,17,19)/t13-/m0/s1. The summed E-state index contributed by atoms with van der Waals surface area (Å²) in [7, 11) is 0. The Morgan fingerprint density at radius 1 is 1.40 bits per heavy atom. The molecule has 1 atom stereocenters. The molecule has 0 radical (unpaired) electrons. The summed E-state index contributed by atoms with van der Waals surface area (Å²) in [6.07, 6.45) is 0.880. The molecular formula is C15H19BrN2O2. The minimum Gasteiger partial charge on any atom is -0.341 e. The third kappa shape index (κ3) is 2.73. The summed E-state index contributed by atoms with van der Waals surface area (Å²) in [4.78, 5) is 25.7. The molecule has 2 amide bonds. The Kier molecular flexibility index (Phi) is 4.48. The lowest BCUT2D eigenvalue weighted by Crippen LogP contribution is -2.37. The normalized spacial score (nSPS) is 17.3. The zero-order valence-corrected chi connectivity index (χ0v) is 13.6. The number of anilines is 1. The number of aryl methyl sites for hydroxylation is 2. The van der Waals surface area contributed by atoms with Crippen molar-refractivity contribution in [3.8, 4) is 0 Å². The van der Waals surface area contributed by atoms with Crippen molar-refractivity contribution in [3.63, 3.8) is 0 Å². The van der Waals surface area contributed by atoms with Gasteiger partial charge in [0.25, 0.3) is 5.91 Å². The first kappa shape index (κ1) is 15.0. The Labute approximate surface area is 127 Å². The van der Waals surface area contributed by atoms with E-state index in [1.165, 1.54) is 6.92 Å². The van der Waals surface area contributed by atoms with E-state index in [4.69, 9.17) is 0 Å². The number of carbonyl (C=O) groups is 2. The van der Waals surface area contributed by atoms with Crippen molar-refractivity contribution in [2.45, 2.75) is 33.2 Å². The first-order valence-electron chi connectivity index (χ1n) is 6.71. The van der Waals surface area contributed by atoms with Crippen LogP contribution >= 0.6 is 15.9 Å². The van der Waals surface area contributed by atoms with Crippen LogP contribution in [0.3, 0.4) is 0 Å². The number of amides is 2. The van der Waals surface area contributed by atoms with Gasteiger partial charge in [-0.3, -0.25) is 9.59 Å². The molecule has 2 rings (SSSR count). The van der Waals surface area contributed by atoms with Crippen molar-refractivity contribution in [1.29, 1.82) is 0 Å². The van der Waals surface area contributed by atoms with E-state index in [1.807, 2.05) is 19.9 Å². The molecule has 1 aromatic carbocycles. The second kappa shape index (κ2) is 5.95. The second-order valence-electron chi connectivity index (χ2n) is 5.19. The van der Waals surface area contributed by atoms with Crippen LogP contribution in [0.4, 0.5) is 5.69 Å². The first-order valence-corrected chi connectivity index (χ1v) is 7.83. The van der Waals surface area contributed by atoms with E-state index in [-0.39, 0.29) is 11.8 Å². The van der Waals surface area contributed by atoms with Gasteiger partial charge in [0.05, 0.1) is 5.69 Å². The van der Waals surface area contributed by atoms with Gasteiger partial charge in [0.15, 0.2) is 0 Å².